The van der Waals surface area contributed by atoms with Gasteiger partial charge in [0.1, 0.15) is 0 Å². The van der Waals surface area contributed by atoms with Crippen molar-refractivity contribution in [2.75, 3.05) is 6.54 Å². The molecule has 1 atom stereocenters. The van der Waals surface area contributed by atoms with Crippen LogP contribution in [0.25, 0.3) is 0 Å². The molecule has 148 valence electrons. The summed E-state index contributed by atoms with van der Waals surface area (Å²) in [7, 11) is 0. The highest BCUT2D eigenvalue weighted by atomic mass is 79.9. The predicted octanol–water partition coefficient (Wildman–Crippen LogP) is 6.70. The summed E-state index contributed by atoms with van der Waals surface area (Å²) in [4.78, 5) is 2.53. The zero-order valence-electron chi connectivity index (χ0n) is 17.1. The third-order valence-corrected chi connectivity index (χ3v) is 6.86. The minimum Gasteiger partial charge on any atom is -0.297 e. The number of halogens is 1. The lowest BCUT2D eigenvalue weighted by molar-refractivity contribution is 0.170. The van der Waals surface area contributed by atoms with Crippen molar-refractivity contribution in [2.24, 2.45) is 5.92 Å². The molecule has 1 unspecified atom stereocenters. The van der Waals surface area contributed by atoms with Gasteiger partial charge in [-0.25, -0.2) is 0 Å². The number of hydrogen-bond acceptors (Lipinski definition) is 2. The van der Waals surface area contributed by atoms with Crippen LogP contribution in [0, 0.1) is 17.2 Å². The number of nitriles is 1. The van der Waals surface area contributed by atoms with Gasteiger partial charge in [0.25, 0.3) is 0 Å². The molecule has 0 radical (unpaired) electrons. The third-order valence-electron chi connectivity index (χ3n) is 6.34. The van der Waals surface area contributed by atoms with Crippen LogP contribution in [0.1, 0.15) is 57.1 Å². The fourth-order valence-corrected chi connectivity index (χ4v) is 4.61. The normalized spacial score (nSPS) is 16.6. The van der Waals surface area contributed by atoms with Gasteiger partial charge < -0.3 is 0 Å². The summed E-state index contributed by atoms with van der Waals surface area (Å²) in [5.74, 6) is 0.500. The van der Waals surface area contributed by atoms with Gasteiger partial charge in [0.15, 0.2) is 0 Å². The van der Waals surface area contributed by atoms with E-state index in [0.29, 0.717) is 12.0 Å². The number of rotatable bonds is 9. The second-order valence-electron chi connectivity index (χ2n) is 8.37. The van der Waals surface area contributed by atoms with Crippen LogP contribution in [0.2, 0.25) is 0 Å². The van der Waals surface area contributed by atoms with Gasteiger partial charge in [-0.2, -0.15) is 5.26 Å². The van der Waals surface area contributed by atoms with Crippen molar-refractivity contribution < 1.29 is 0 Å². The smallest absolute Gasteiger partial charge is 0.0850 e. The zero-order valence-corrected chi connectivity index (χ0v) is 18.7. The van der Waals surface area contributed by atoms with E-state index in [9.17, 15) is 5.26 Å². The van der Waals surface area contributed by atoms with E-state index in [2.05, 4.69) is 95.3 Å². The molecule has 0 spiro atoms. The summed E-state index contributed by atoms with van der Waals surface area (Å²) >= 11 is 3.53. The minimum atomic E-state index is -0.339. The first-order valence-corrected chi connectivity index (χ1v) is 11.3. The molecular weight excluding hydrogens is 408 g/mol. The molecule has 0 N–H and O–H groups in total. The summed E-state index contributed by atoms with van der Waals surface area (Å²) in [5, 5.41) is 10.3. The molecular formula is C25H31BrN2. The van der Waals surface area contributed by atoms with Gasteiger partial charge in [-0.3, -0.25) is 4.90 Å². The van der Waals surface area contributed by atoms with Gasteiger partial charge in [0.05, 0.1) is 11.5 Å². The molecule has 0 aromatic heterocycles. The van der Waals surface area contributed by atoms with Crippen molar-refractivity contribution in [3.63, 3.8) is 0 Å². The van der Waals surface area contributed by atoms with Crippen molar-refractivity contribution in [3.8, 4) is 6.07 Å². The summed E-state index contributed by atoms with van der Waals surface area (Å²) in [6.07, 6.45) is 5.61. The topological polar surface area (TPSA) is 27.0 Å². The monoisotopic (exact) mass is 438 g/mol. The molecule has 1 saturated carbocycles. The molecule has 0 heterocycles. The highest BCUT2D eigenvalue weighted by molar-refractivity contribution is 9.10. The average Bonchev–Trinajstić information content (AvgIpc) is 2.66. The Morgan fingerprint density at radius 3 is 2.32 bits per heavy atom. The van der Waals surface area contributed by atoms with Crippen molar-refractivity contribution in [3.05, 3.63) is 70.2 Å². The number of benzene rings is 2. The SMILES string of the molecule is CC(C)N(CCCC(C#N)(c1ccc(Br)cc1)C1CCC1)Cc1ccccc1. The van der Waals surface area contributed by atoms with Crippen LogP contribution in [0.15, 0.2) is 59.1 Å². The van der Waals surface area contributed by atoms with Crippen molar-refractivity contribution in [1.82, 2.24) is 4.90 Å². The second-order valence-corrected chi connectivity index (χ2v) is 9.29. The van der Waals surface area contributed by atoms with Crippen LogP contribution in [0.5, 0.6) is 0 Å². The highest BCUT2D eigenvalue weighted by Gasteiger charge is 2.43. The Bertz CT molecular complexity index is 774. The summed E-state index contributed by atoms with van der Waals surface area (Å²) in [6.45, 7) is 6.53. The van der Waals surface area contributed by atoms with E-state index in [0.717, 1.165) is 30.4 Å². The fourth-order valence-electron chi connectivity index (χ4n) is 4.34. The summed E-state index contributed by atoms with van der Waals surface area (Å²) in [5.41, 5.74) is 2.21. The fraction of sp³-hybridized carbons (Fsp3) is 0.480. The van der Waals surface area contributed by atoms with E-state index in [-0.39, 0.29) is 5.41 Å². The van der Waals surface area contributed by atoms with Crippen molar-refractivity contribution in [1.29, 1.82) is 5.26 Å². The molecule has 1 aliphatic carbocycles. The van der Waals surface area contributed by atoms with Crippen LogP contribution in [-0.2, 0) is 12.0 Å². The second kappa shape index (κ2) is 9.72. The van der Waals surface area contributed by atoms with Crippen molar-refractivity contribution >= 4 is 15.9 Å². The Balaban J connectivity index is 1.70. The van der Waals surface area contributed by atoms with Crippen LogP contribution in [0.4, 0.5) is 0 Å². The van der Waals surface area contributed by atoms with Crippen LogP contribution < -0.4 is 0 Å². The first kappa shape index (κ1) is 21.1. The third kappa shape index (κ3) is 4.85. The van der Waals surface area contributed by atoms with Crippen LogP contribution >= 0.6 is 15.9 Å². The molecule has 0 aliphatic heterocycles. The average molecular weight is 439 g/mol. The van der Waals surface area contributed by atoms with E-state index in [4.69, 9.17) is 0 Å². The highest BCUT2D eigenvalue weighted by Crippen LogP contribution is 2.47. The van der Waals surface area contributed by atoms with Gasteiger partial charge >= 0.3 is 0 Å². The maximum Gasteiger partial charge on any atom is 0.0850 e. The van der Waals surface area contributed by atoms with Gasteiger partial charge in [-0.05, 0) is 75.3 Å². The number of nitrogens with zero attached hydrogens (tertiary/aromatic N) is 2. The predicted molar refractivity (Wildman–Crippen MR) is 120 cm³/mol. The lowest BCUT2D eigenvalue weighted by Gasteiger charge is -2.41. The Morgan fingerprint density at radius 2 is 1.79 bits per heavy atom. The van der Waals surface area contributed by atoms with E-state index in [1.165, 1.54) is 30.4 Å². The Morgan fingerprint density at radius 1 is 1.11 bits per heavy atom. The van der Waals surface area contributed by atoms with Gasteiger partial charge in [0, 0.05) is 17.1 Å². The summed E-state index contributed by atoms with van der Waals surface area (Å²) < 4.78 is 1.07. The maximum atomic E-state index is 10.3. The standard InChI is InChI=1S/C25H31BrN2/c1-20(2)28(18-21-8-4-3-5-9-21)17-7-16-25(19-27,22-10-6-11-22)23-12-14-24(26)15-13-23/h3-5,8-9,12-15,20,22H,6-7,10-11,16-18H2,1-2H3. The van der Waals surface area contributed by atoms with Gasteiger partial charge in [-0.1, -0.05) is 64.8 Å². The minimum absolute atomic E-state index is 0.339. The van der Waals surface area contributed by atoms with E-state index in [1.807, 2.05) is 0 Å². The lowest BCUT2D eigenvalue weighted by atomic mass is 9.61. The van der Waals surface area contributed by atoms with E-state index >= 15 is 0 Å². The first-order valence-electron chi connectivity index (χ1n) is 10.5. The molecule has 3 rings (SSSR count). The van der Waals surface area contributed by atoms with Gasteiger partial charge in [0.2, 0.25) is 0 Å². The van der Waals surface area contributed by atoms with E-state index < -0.39 is 0 Å². The van der Waals surface area contributed by atoms with Gasteiger partial charge in [-0.15, -0.1) is 0 Å². The quantitative estimate of drug-likeness (QED) is 0.435. The Kier molecular flexibility index (Phi) is 7.32. The Labute approximate surface area is 178 Å². The lowest BCUT2D eigenvalue weighted by Crippen LogP contribution is -2.39. The molecule has 2 aromatic carbocycles. The van der Waals surface area contributed by atoms with Crippen LogP contribution in [0.3, 0.4) is 0 Å². The Hall–Kier alpha value is -1.63. The molecule has 2 aromatic rings. The zero-order chi connectivity index (χ0) is 20.0. The molecule has 28 heavy (non-hydrogen) atoms. The molecule has 0 saturated heterocycles. The van der Waals surface area contributed by atoms with E-state index in [1.54, 1.807) is 0 Å². The summed E-state index contributed by atoms with van der Waals surface area (Å²) in [6, 6.07) is 22.4. The number of hydrogen-bond donors (Lipinski definition) is 0. The molecule has 1 fully saturated rings. The molecule has 3 heteroatoms. The largest absolute Gasteiger partial charge is 0.297 e. The van der Waals surface area contributed by atoms with Crippen LogP contribution in [-0.4, -0.2) is 17.5 Å². The molecule has 1 aliphatic rings. The molecule has 0 bridgehead atoms. The maximum absolute atomic E-state index is 10.3. The molecule has 0 amide bonds. The van der Waals surface area contributed by atoms with Crippen molar-refractivity contribution in [2.45, 2.75) is 64.0 Å². The molecule has 2 nitrogen and oxygen atoms in total. The first-order chi connectivity index (χ1) is 13.5.